The van der Waals surface area contributed by atoms with Gasteiger partial charge >= 0.3 is 0 Å². The molecule has 8 heteroatoms. The maximum absolute atomic E-state index is 6.07. The molecule has 0 aliphatic rings. The van der Waals surface area contributed by atoms with Crippen molar-refractivity contribution in [2.75, 3.05) is 24.3 Å². The van der Waals surface area contributed by atoms with Gasteiger partial charge in [0.15, 0.2) is 0 Å². The van der Waals surface area contributed by atoms with E-state index in [0.717, 1.165) is 26.8 Å². The normalized spacial score (nSPS) is 10.9. The zero-order valence-electron chi connectivity index (χ0n) is 16.9. The lowest BCUT2D eigenvalue weighted by Crippen LogP contribution is -2.20. The van der Waals surface area contributed by atoms with Crippen molar-refractivity contribution in [1.82, 2.24) is 9.97 Å². The van der Waals surface area contributed by atoms with Gasteiger partial charge in [-0.2, -0.15) is 4.98 Å². The van der Waals surface area contributed by atoms with Crippen molar-refractivity contribution in [3.8, 4) is 11.5 Å². The quantitative estimate of drug-likeness (QED) is 0.294. The predicted octanol–water partition coefficient (Wildman–Crippen LogP) is 7.17. The minimum atomic E-state index is 0.452. The number of nitrogens with zero attached hydrogens (tertiary/aromatic N) is 3. The molecule has 158 valence electrons. The van der Waals surface area contributed by atoms with Gasteiger partial charge in [0.1, 0.15) is 17.3 Å². The minimum Gasteiger partial charge on any atom is -0.457 e. The number of rotatable bonds is 6. The van der Waals surface area contributed by atoms with Gasteiger partial charge in [-0.25, -0.2) is 4.98 Å². The molecule has 5 nitrogen and oxygen atoms in total. The van der Waals surface area contributed by atoms with Gasteiger partial charge in [0, 0.05) is 36.6 Å². The van der Waals surface area contributed by atoms with E-state index in [1.54, 1.807) is 18.2 Å². The molecule has 0 aliphatic heterocycles. The molecule has 0 unspecified atom stereocenters. The van der Waals surface area contributed by atoms with E-state index >= 15 is 0 Å². The average molecular weight is 518 g/mol. The molecular formula is C23H19BrCl2N4O. The largest absolute Gasteiger partial charge is 0.457 e. The Morgan fingerprint density at radius 1 is 0.968 bits per heavy atom. The highest BCUT2D eigenvalue weighted by Crippen LogP contribution is 2.32. The van der Waals surface area contributed by atoms with Crippen LogP contribution in [0.3, 0.4) is 0 Å². The zero-order chi connectivity index (χ0) is 22.0. The van der Waals surface area contributed by atoms with E-state index in [1.165, 1.54) is 0 Å². The zero-order valence-corrected chi connectivity index (χ0v) is 20.0. The minimum absolute atomic E-state index is 0.452. The van der Waals surface area contributed by atoms with Crippen molar-refractivity contribution in [3.05, 3.63) is 80.7 Å². The highest BCUT2D eigenvalue weighted by molar-refractivity contribution is 9.10. The van der Waals surface area contributed by atoms with E-state index in [-0.39, 0.29) is 0 Å². The second-order valence-corrected chi connectivity index (χ2v) is 8.60. The van der Waals surface area contributed by atoms with E-state index in [9.17, 15) is 0 Å². The number of para-hydroxylation sites is 1. The Kier molecular flexibility index (Phi) is 6.51. The molecule has 0 radical (unpaired) electrons. The van der Waals surface area contributed by atoms with Crippen molar-refractivity contribution >= 4 is 61.8 Å². The SMILES string of the molecule is CNc1nc(N(C)Cc2ccc(Oc3ccc(Cl)c(Cl)c3)cc2Br)nc2ccccc12. The molecule has 3 aromatic carbocycles. The first-order valence-electron chi connectivity index (χ1n) is 9.51. The van der Waals surface area contributed by atoms with Crippen LogP contribution in [0.2, 0.25) is 10.0 Å². The Morgan fingerprint density at radius 2 is 1.71 bits per heavy atom. The van der Waals surface area contributed by atoms with Crippen molar-refractivity contribution in [1.29, 1.82) is 0 Å². The first-order chi connectivity index (χ1) is 14.9. The van der Waals surface area contributed by atoms with Gasteiger partial charge in [-0.15, -0.1) is 0 Å². The average Bonchev–Trinajstić information content (AvgIpc) is 2.77. The molecule has 4 rings (SSSR count). The van der Waals surface area contributed by atoms with Crippen LogP contribution in [0.4, 0.5) is 11.8 Å². The third kappa shape index (κ3) is 4.87. The molecule has 0 fully saturated rings. The van der Waals surface area contributed by atoms with Gasteiger partial charge in [-0.1, -0.05) is 57.3 Å². The maximum Gasteiger partial charge on any atom is 0.227 e. The summed E-state index contributed by atoms with van der Waals surface area (Å²) in [5.74, 6) is 2.76. The topological polar surface area (TPSA) is 50.3 Å². The third-order valence-electron chi connectivity index (χ3n) is 4.73. The number of fused-ring (bicyclic) bond motifs is 1. The Balaban J connectivity index is 1.54. The molecule has 0 aliphatic carbocycles. The van der Waals surface area contributed by atoms with Crippen LogP contribution >= 0.6 is 39.1 Å². The number of hydrogen-bond acceptors (Lipinski definition) is 5. The third-order valence-corrected chi connectivity index (χ3v) is 6.21. The Bertz CT molecular complexity index is 1250. The van der Waals surface area contributed by atoms with E-state index in [4.69, 9.17) is 32.9 Å². The summed E-state index contributed by atoms with van der Waals surface area (Å²) in [7, 11) is 3.83. The first kappa shape index (κ1) is 21.7. The fraction of sp³-hybridized carbons (Fsp3) is 0.130. The maximum atomic E-state index is 6.07. The number of hydrogen-bond donors (Lipinski definition) is 1. The molecule has 0 spiro atoms. The molecule has 1 heterocycles. The van der Waals surface area contributed by atoms with Gasteiger partial charge in [0.25, 0.3) is 0 Å². The van der Waals surface area contributed by atoms with Crippen LogP contribution in [-0.2, 0) is 6.54 Å². The lowest BCUT2D eigenvalue weighted by Gasteiger charge is -2.20. The van der Waals surface area contributed by atoms with Crippen LogP contribution in [0, 0.1) is 0 Å². The van der Waals surface area contributed by atoms with Crippen molar-refractivity contribution in [3.63, 3.8) is 0 Å². The summed E-state index contributed by atoms with van der Waals surface area (Å²) in [5, 5.41) is 5.09. The Morgan fingerprint density at radius 3 is 2.45 bits per heavy atom. The summed E-state index contributed by atoms with van der Waals surface area (Å²) in [6.45, 7) is 0.620. The Labute approximate surface area is 199 Å². The van der Waals surface area contributed by atoms with Crippen LogP contribution < -0.4 is 15.0 Å². The molecule has 0 saturated heterocycles. The number of aromatic nitrogens is 2. The second-order valence-electron chi connectivity index (χ2n) is 6.93. The number of nitrogens with one attached hydrogen (secondary N) is 1. The standard InChI is InChI=1S/C23H19BrCl2N4O/c1-27-22-17-5-3-4-6-21(17)28-23(29-22)30(2)13-14-7-8-15(11-18(14)24)31-16-9-10-19(25)20(26)12-16/h3-12H,13H2,1-2H3,(H,27,28,29). The monoisotopic (exact) mass is 516 g/mol. The highest BCUT2D eigenvalue weighted by Gasteiger charge is 2.13. The van der Waals surface area contributed by atoms with E-state index in [0.29, 0.717) is 34.0 Å². The van der Waals surface area contributed by atoms with Crippen LogP contribution in [0.15, 0.2) is 65.1 Å². The van der Waals surface area contributed by atoms with Gasteiger partial charge in [0.05, 0.1) is 15.6 Å². The van der Waals surface area contributed by atoms with Crippen molar-refractivity contribution < 1.29 is 4.74 Å². The van der Waals surface area contributed by atoms with Gasteiger partial charge in [0.2, 0.25) is 5.95 Å². The molecule has 0 saturated carbocycles. The number of benzene rings is 3. The van der Waals surface area contributed by atoms with Gasteiger partial charge in [-0.3, -0.25) is 0 Å². The summed E-state index contributed by atoms with van der Waals surface area (Å²) < 4.78 is 6.82. The van der Waals surface area contributed by atoms with E-state index in [2.05, 4.69) is 26.2 Å². The van der Waals surface area contributed by atoms with Crippen LogP contribution in [0.1, 0.15) is 5.56 Å². The van der Waals surface area contributed by atoms with Crippen molar-refractivity contribution in [2.45, 2.75) is 6.54 Å². The fourth-order valence-electron chi connectivity index (χ4n) is 3.15. The molecule has 1 aromatic heterocycles. The second kappa shape index (κ2) is 9.30. The molecule has 1 N–H and O–H groups in total. The highest BCUT2D eigenvalue weighted by atomic mass is 79.9. The van der Waals surface area contributed by atoms with Gasteiger partial charge < -0.3 is 15.0 Å². The lowest BCUT2D eigenvalue weighted by molar-refractivity contribution is 0.482. The van der Waals surface area contributed by atoms with Crippen LogP contribution in [0.5, 0.6) is 11.5 Å². The number of halogens is 3. The van der Waals surface area contributed by atoms with E-state index in [1.807, 2.05) is 61.5 Å². The summed E-state index contributed by atoms with van der Waals surface area (Å²) >= 11 is 15.7. The summed E-state index contributed by atoms with van der Waals surface area (Å²) in [4.78, 5) is 11.4. The smallest absolute Gasteiger partial charge is 0.227 e. The number of anilines is 2. The number of ether oxygens (including phenoxy) is 1. The Hall–Kier alpha value is -2.54. The summed E-state index contributed by atoms with van der Waals surface area (Å²) in [6, 6.07) is 19.0. The molecule has 0 atom stereocenters. The van der Waals surface area contributed by atoms with Crippen LogP contribution in [0.25, 0.3) is 10.9 Å². The summed E-state index contributed by atoms with van der Waals surface area (Å²) in [5.41, 5.74) is 1.97. The lowest BCUT2D eigenvalue weighted by atomic mass is 10.2. The van der Waals surface area contributed by atoms with Crippen LogP contribution in [-0.4, -0.2) is 24.1 Å². The molecular weight excluding hydrogens is 499 g/mol. The molecule has 0 amide bonds. The van der Waals surface area contributed by atoms with Gasteiger partial charge in [-0.05, 0) is 42.0 Å². The molecule has 31 heavy (non-hydrogen) atoms. The molecule has 0 bridgehead atoms. The van der Waals surface area contributed by atoms with E-state index < -0.39 is 0 Å². The molecule has 4 aromatic rings. The fourth-order valence-corrected chi connectivity index (χ4v) is 3.92. The van der Waals surface area contributed by atoms with Crippen molar-refractivity contribution in [2.24, 2.45) is 0 Å². The first-order valence-corrected chi connectivity index (χ1v) is 11.1. The predicted molar refractivity (Wildman–Crippen MR) is 132 cm³/mol. The summed E-state index contributed by atoms with van der Waals surface area (Å²) in [6.07, 6.45) is 0.